The predicted molar refractivity (Wildman–Crippen MR) is 119 cm³/mol. The summed E-state index contributed by atoms with van der Waals surface area (Å²) in [5, 5.41) is 3.57. The third-order valence-corrected chi connectivity index (χ3v) is 5.06. The molecule has 0 saturated carbocycles. The van der Waals surface area contributed by atoms with Crippen LogP contribution < -0.4 is 0 Å². The van der Waals surface area contributed by atoms with E-state index in [9.17, 15) is 0 Å². The minimum absolute atomic E-state index is 0.985. The van der Waals surface area contributed by atoms with Gasteiger partial charge in [0.2, 0.25) is 0 Å². The number of rotatable bonds is 3. The van der Waals surface area contributed by atoms with Gasteiger partial charge >= 0.3 is 0 Å². The van der Waals surface area contributed by atoms with Gasteiger partial charge in [-0.25, -0.2) is 4.98 Å². The minimum Gasteiger partial charge on any atom is -0.247 e. The fraction of sp³-hybridized carbons (Fsp3) is 0. The lowest BCUT2D eigenvalue weighted by Gasteiger charge is -2.11. The van der Waals surface area contributed by atoms with Crippen molar-refractivity contribution < 1.29 is 0 Å². The Bertz CT molecular complexity index is 1290. The van der Waals surface area contributed by atoms with Crippen molar-refractivity contribution in [3.05, 3.63) is 126 Å². The van der Waals surface area contributed by atoms with Gasteiger partial charge in [-0.3, -0.25) is 0 Å². The molecule has 1 heterocycles. The van der Waals surface area contributed by atoms with Gasteiger partial charge in [0.1, 0.15) is 0 Å². The van der Waals surface area contributed by atoms with Crippen molar-refractivity contribution in [1.29, 1.82) is 0 Å². The largest absolute Gasteiger partial charge is 0.247 e. The molecule has 0 aliphatic heterocycles. The maximum atomic E-state index is 5.11. The SMILES string of the molecule is C(=C(/c1ccccc1)c1ccc2ccc3ccccc3c2n1)/c1ccccc1. The van der Waals surface area contributed by atoms with Crippen LogP contribution in [0.15, 0.2) is 109 Å². The monoisotopic (exact) mass is 357 g/mol. The average molecular weight is 357 g/mol. The molecule has 0 atom stereocenters. The van der Waals surface area contributed by atoms with Crippen molar-refractivity contribution in [2.24, 2.45) is 0 Å². The van der Waals surface area contributed by atoms with E-state index in [1.165, 1.54) is 21.9 Å². The van der Waals surface area contributed by atoms with E-state index >= 15 is 0 Å². The molecule has 0 N–H and O–H groups in total. The minimum atomic E-state index is 0.985. The molecule has 4 aromatic carbocycles. The lowest BCUT2D eigenvalue weighted by molar-refractivity contribution is 1.35. The zero-order valence-corrected chi connectivity index (χ0v) is 15.4. The molecule has 0 spiro atoms. The van der Waals surface area contributed by atoms with Gasteiger partial charge in [0.25, 0.3) is 0 Å². The van der Waals surface area contributed by atoms with Crippen LogP contribution in [0.5, 0.6) is 0 Å². The number of fused-ring (bicyclic) bond motifs is 3. The van der Waals surface area contributed by atoms with Gasteiger partial charge in [-0.2, -0.15) is 0 Å². The Hall–Kier alpha value is -3.71. The molecular weight excluding hydrogens is 338 g/mol. The van der Waals surface area contributed by atoms with E-state index in [4.69, 9.17) is 4.98 Å². The Kier molecular flexibility index (Phi) is 4.19. The number of nitrogens with zero attached hydrogens (tertiary/aromatic N) is 1. The van der Waals surface area contributed by atoms with E-state index in [-0.39, 0.29) is 0 Å². The van der Waals surface area contributed by atoms with Gasteiger partial charge in [-0.05, 0) is 28.7 Å². The molecule has 5 rings (SSSR count). The molecule has 0 aliphatic carbocycles. The Morgan fingerprint density at radius 1 is 0.571 bits per heavy atom. The van der Waals surface area contributed by atoms with Gasteiger partial charge in [0, 0.05) is 16.3 Å². The first kappa shape index (κ1) is 16.5. The Labute approximate surface area is 164 Å². The van der Waals surface area contributed by atoms with Crippen LogP contribution in [0.1, 0.15) is 16.8 Å². The van der Waals surface area contributed by atoms with Crippen LogP contribution in [0, 0.1) is 0 Å². The maximum absolute atomic E-state index is 5.11. The van der Waals surface area contributed by atoms with E-state index in [2.05, 4.69) is 103 Å². The molecule has 0 saturated heterocycles. The zero-order chi connectivity index (χ0) is 18.8. The van der Waals surface area contributed by atoms with Crippen LogP contribution in [-0.4, -0.2) is 4.98 Å². The molecule has 28 heavy (non-hydrogen) atoms. The topological polar surface area (TPSA) is 12.9 Å². The molecule has 1 aromatic heterocycles. The second kappa shape index (κ2) is 7.13. The molecule has 5 aromatic rings. The Balaban J connectivity index is 1.76. The number of benzene rings is 4. The second-order valence-electron chi connectivity index (χ2n) is 6.89. The highest BCUT2D eigenvalue weighted by Crippen LogP contribution is 2.29. The molecule has 0 fully saturated rings. The smallest absolute Gasteiger partial charge is 0.0787 e. The van der Waals surface area contributed by atoms with Crippen LogP contribution in [0.25, 0.3) is 33.3 Å². The molecule has 0 unspecified atom stereocenters. The number of hydrogen-bond acceptors (Lipinski definition) is 1. The van der Waals surface area contributed by atoms with E-state index in [1.54, 1.807) is 0 Å². The summed E-state index contributed by atoms with van der Waals surface area (Å²) < 4.78 is 0. The van der Waals surface area contributed by atoms with Crippen molar-refractivity contribution in [2.45, 2.75) is 0 Å². The van der Waals surface area contributed by atoms with Crippen LogP contribution in [0.3, 0.4) is 0 Å². The first-order valence-corrected chi connectivity index (χ1v) is 9.49. The number of hydrogen-bond donors (Lipinski definition) is 0. The standard InChI is InChI=1S/C27H19N/c1-3-9-20(10-4-1)19-25(21-11-5-2-6-12-21)26-18-17-23-16-15-22-13-7-8-14-24(22)27(23)28-26/h1-19H/b25-19+. The maximum Gasteiger partial charge on any atom is 0.0787 e. The zero-order valence-electron chi connectivity index (χ0n) is 15.4. The summed E-state index contributed by atoms with van der Waals surface area (Å²) in [5.41, 5.74) is 5.49. The highest BCUT2D eigenvalue weighted by molar-refractivity contribution is 6.06. The van der Waals surface area contributed by atoms with Crippen LogP contribution in [0.2, 0.25) is 0 Å². The summed E-state index contributed by atoms with van der Waals surface area (Å²) in [4.78, 5) is 5.11. The van der Waals surface area contributed by atoms with Gasteiger partial charge in [0.15, 0.2) is 0 Å². The normalized spacial score (nSPS) is 11.8. The van der Waals surface area contributed by atoms with E-state index in [1.807, 2.05) is 12.1 Å². The molecule has 0 aliphatic rings. The number of aromatic nitrogens is 1. The predicted octanol–water partition coefficient (Wildman–Crippen LogP) is 6.98. The summed E-state index contributed by atoms with van der Waals surface area (Å²) in [7, 11) is 0. The van der Waals surface area contributed by atoms with E-state index < -0.39 is 0 Å². The van der Waals surface area contributed by atoms with Crippen LogP contribution >= 0.6 is 0 Å². The van der Waals surface area contributed by atoms with Crippen molar-refractivity contribution in [3.63, 3.8) is 0 Å². The fourth-order valence-corrected chi connectivity index (χ4v) is 3.65. The van der Waals surface area contributed by atoms with Gasteiger partial charge < -0.3 is 0 Å². The quantitative estimate of drug-likeness (QED) is 0.251. The summed E-state index contributed by atoms with van der Waals surface area (Å²) in [6.45, 7) is 0. The van der Waals surface area contributed by atoms with Crippen molar-refractivity contribution in [3.8, 4) is 0 Å². The third kappa shape index (κ3) is 3.08. The van der Waals surface area contributed by atoms with Crippen molar-refractivity contribution in [2.75, 3.05) is 0 Å². The molecule has 132 valence electrons. The van der Waals surface area contributed by atoms with Crippen LogP contribution in [0.4, 0.5) is 0 Å². The van der Waals surface area contributed by atoms with E-state index in [0.29, 0.717) is 0 Å². The molecule has 0 amide bonds. The highest BCUT2D eigenvalue weighted by Gasteiger charge is 2.09. The molecule has 1 heteroatoms. The molecular formula is C27H19N. The molecule has 1 nitrogen and oxygen atoms in total. The van der Waals surface area contributed by atoms with Crippen LogP contribution in [-0.2, 0) is 0 Å². The van der Waals surface area contributed by atoms with Gasteiger partial charge in [0.05, 0.1) is 11.2 Å². The van der Waals surface area contributed by atoms with Crippen molar-refractivity contribution in [1.82, 2.24) is 4.98 Å². The Morgan fingerprint density at radius 3 is 2.04 bits per heavy atom. The summed E-state index contributed by atoms with van der Waals surface area (Å²) >= 11 is 0. The fourth-order valence-electron chi connectivity index (χ4n) is 3.65. The highest BCUT2D eigenvalue weighted by atomic mass is 14.7. The second-order valence-corrected chi connectivity index (χ2v) is 6.89. The Morgan fingerprint density at radius 2 is 1.21 bits per heavy atom. The third-order valence-electron chi connectivity index (χ3n) is 5.06. The first-order chi connectivity index (χ1) is 13.9. The van der Waals surface area contributed by atoms with Gasteiger partial charge in [-0.15, -0.1) is 0 Å². The first-order valence-electron chi connectivity index (χ1n) is 9.49. The van der Waals surface area contributed by atoms with Gasteiger partial charge in [-0.1, -0.05) is 103 Å². The lowest BCUT2D eigenvalue weighted by atomic mass is 9.98. The summed E-state index contributed by atoms with van der Waals surface area (Å²) in [6, 6.07) is 38.0. The number of pyridine rings is 1. The van der Waals surface area contributed by atoms with E-state index in [0.717, 1.165) is 22.2 Å². The van der Waals surface area contributed by atoms with Crippen molar-refractivity contribution >= 4 is 33.3 Å². The molecule has 0 radical (unpaired) electrons. The average Bonchev–Trinajstić information content (AvgIpc) is 2.78. The lowest BCUT2D eigenvalue weighted by Crippen LogP contribution is -1.93. The summed E-state index contributed by atoms with van der Waals surface area (Å²) in [6.07, 6.45) is 2.22. The summed E-state index contributed by atoms with van der Waals surface area (Å²) in [5.74, 6) is 0. The molecule has 0 bridgehead atoms.